The van der Waals surface area contributed by atoms with E-state index in [0.29, 0.717) is 13.0 Å². The number of anilines is 1. The Balaban J connectivity index is 1.48. The summed E-state index contributed by atoms with van der Waals surface area (Å²) < 4.78 is 0. The number of benzene rings is 2. The van der Waals surface area contributed by atoms with Gasteiger partial charge in [0.05, 0.1) is 12.1 Å². The van der Waals surface area contributed by atoms with Gasteiger partial charge in [0.1, 0.15) is 0 Å². The smallest absolute Gasteiger partial charge is 0.227 e. The second-order valence-corrected chi connectivity index (χ2v) is 8.05. The summed E-state index contributed by atoms with van der Waals surface area (Å²) in [5.74, 6) is 0.309. The average Bonchev–Trinajstić information content (AvgIpc) is 2.80. The first-order chi connectivity index (χ1) is 15.1. The van der Waals surface area contributed by atoms with E-state index >= 15 is 0 Å². The van der Waals surface area contributed by atoms with Gasteiger partial charge in [-0.05, 0) is 42.7 Å². The van der Waals surface area contributed by atoms with Crippen molar-refractivity contribution >= 4 is 17.5 Å². The number of piperidine rings is 1. The molecule has 2 heterocycles. The molecule has 2 amide bonds. The van der Waals surface area contributed by atoms with Crippen LogP contribution in [0.4, 0.5) is 5.69 Å². The van der Waals surface area contributed by atoms with Gasteiger partial charge < -0.3 is 10.2 Å². The van der Waals surface area contributed by atoms with Crippen LogP contribution in [0.5, 0.6) is 0 Å². The first kappa shape index (κ1) is 20.8. The largest absolute Gasteiger partial charge is 0.342 e. The molecule has 0 aliphatic carbocycles. The first-order valence-electron chi connectivity index (χ1n) is 10.7. The highest BCUT2D eigenvalue weighted by atomic mass is 16.2. The Morgan fingerprint density at radius 3 is 2.65 bits per heavy atom. The van der Waals surface area contributed by atoms with E-state index in [1.165, 1.54) is 6.92 Å². The fourth-order valence-corrected chi connectivity index (χ4v) is 4.13. The van der Waals surface area contributed by atoms with Gasteiger partial charge in [-0.2, -0.15) is 0 Å². The molecule has 1 fully saturated rings. The van der Waals surface area contributed by atoms with E-state index in [2.05, 4.69) is 11.4 Å². The molecule has 1 saturated heterocycles. The summed E-state index contributed by atoms with van der Waals surface area (Å²) in [5.41, 5.74) is 4.65. The van der Waals surface area contributed by atoms with E-state index in [9.17, 15) is 9.59 Å². The van der Waals surface area contributed by atoms with Gasteiger partial charge in [-0.1, -0.05) is 48.5 Å². The van der Waals surface area contributed by atoms with Crippen LogP contribution >= 0.6 is 0 Å². The molecule has 0 bridgehead atoms. The molecule has 158 valence electrons. The molecule has 1 unspecified atom stereocenters. The van der Waals surface area contributed by atoms with Gasteiger partial charge in [-0.25, -0.2) is 0 Å². The number of hydrogen-bond donors (Lipinski definition) is 1. The minimum Gasteiger partial charge on any atom is -0.342 e. The SMILES string of the molecule is CC(=O)Nc1cccc(-c2cccc(C3CCCN(C(=O)Cc4ccccc4)C3)n2)c1. The highest BCUT2D eigenvalue weighted by Gasteiger charge is 2.25. The molecule has 5 heteroatoms. The van der Waals surface area contributed by atoms with Crippen molar-refractivity contribution in [2.45, 2.75) is 32.1 Å². The maximum absolute atomic E-state index is 12.8. The van der Waals surface area contributed by atoms with E-state index in [-0.39, 0.29) is 17.7 Å². The molecule has 2 aromatic carbocycles. The lowest BCUT2D eigenvalue weighted by molar-refractivity contribution is -0.131. The first-order valence-corrected chi connectivity index (χ1v) is 10.7. The molecule has 1 atom stereocenters. The molecular weight excluding hydrogens is 386 g/mol. The predicted molar refractivity (Wildman–Crippen MR) is 123 cm³/mol. The van der Waals surface area contributed by atoms with E-state index in [4.69, 9.17) is 4.98 Å². The molecule has 5 nitrogen and oxygen atoms in total. The number of amides is 2. The van der Waals surface area contributed by atoms with Crippen LogP contribution in [0, 0.1) is 0 Å². The molecule has 1 aliphatic heterocycles. The molecule has 1 N–H and O–H groups in total. The summed E-state index contributed by atoms with van der Waals surface area (Å²) in [6, 6.07) is 23.7. The molecule has 3 aromatic rings. The van der Waals surface area contributed by atoms with Crippen molar-refractivity contribution < 1.29 is 9.59 Å². The quantitative estimate of drug-likeness (QED) is 0.662. The number of hydrogen-bond acceptors (Lipinski definition) is 3. The Morgan fingerprint density at radius 1 is 1.03 bits per heavy atom. The van der Waals surface area contributed by atoms with Crippen LogP contribution < -0.4 is 5.32 Å². The molecular formula is C26H27N3O2. The monoisotopic (exact) mass is 413 g/mol. The van der Waals surface area contributed by atoms with Gasteiger partial charge >= 0.3 is 0 Å². The van der Waals surface area contributed by atoms with Gasteiger partial charge in [0.25, 0.3) is 0 Å². The Morgan fingerprint density at radius 2 is 1.84 bits per heavy atom. The number of nitrogens with zero attached hydrogens (tertiary/aromatic N) is 2. The van der Waals surface area contributed by atoms with E-state index < -0.39 is 0 Å². The minimum atomic E-state index is -0.0960. The topological polar surface area (TPSA) is 62.3 Å². The maximum atomic E-state index is 12.8. The number of nitrogens with one attached hydrogen (secondary N) is 1. The summed E-state index contributed by atoms with van der Waals surface area (Å²) in [6.45, 7) is 3.01. The predicted octanol–water partition coefficient (Wildman–Crippen LogP) is 4.66. The number of carbonyl (C=O) groups is 2. The van der Waals surface area contributed by atoms with Crippen LogP contribution in [0.2, 0.25) is 0 Å². The van der Waals surface area contributed by atoms with E-state index in [1.54, 1.807) is 0 Å². The normalized spacial score (nSPS) is 16.0. The molecule has 0 radical (unpaired) electrons. The summed E-state index contributed by atoms with van der Waals surface area (Å²) >= 11 is 0. The van der Waals surface area contributed by atoms with E-state index in [0.717, 1.165) is 47.6 Å². The highest BCUT2D eigenvalue weighted by molar-refractivity contribution is 5.89. The van der Waals surface area contributed by atoms with Gasteiger partial charge in [-0.3, -0.25) is 14.6 Å². The van der Waals surface area contributed by atoms with Crippen molar-refractivity contribution in [3.8, 4) is 11.3 Å². The van der Waals surface area contributed by atoms with Gasteiger partial charge in [0, 0.05) is 42.9 Å². The van der Waals surface area contributed by atoms with Crippen molar-refractivity contribution in [3.05, 3.63) is 84.1 Å². The summed E-state index contributed by atoms with van der Waals surface area (Å²) in [6.07, 6.45) is 2.45. The van der Waals surface area contributed by atoms with Crippen LogP contribution in [0.3, 0.4) is 0 Å². The second-order valence-electron chi connectivity index (χ2n) is 8.05. The summed E-state index contributed by atoms with van der Waals surface area (Å²) in [5, 5.41) is 2.82. The van der Waals surface area contributed by atoms with Gasteiger partial charge in [0.15, 0.2) is 0 Å². The molecule has 4 rings (SSSR count). The number of pyridine rings is 1. The molecule has 1 aromatic heterocycles. The maximum Gasteiger partial charge on any atom is 0.227 e. The van der Waals surface area contributed by atoms with Crippen molar-refractivity contribution in [2.24, 2.45) is 0 Å². The lowest BCUT2D eigenvalue weighted by Crippen LogP contribution is -2.40. The molecule has 0 spiro atoms. The summed E-state index contributed by atoms with van der Waals surface area (Å²) in [7, 11) is 0. The van der Waals surface area contributed by atoms with Crippen LogP contribution in [0.25, 0.3) is 11.3 Å². The van der Waals surface area contributed by atoms with Gasteiger partial charge in [-0.15, -0.1) is 0 Å². The third kappa shape index (κ3) is 5.37. The Kier molecular flexibility index (Phi) is 6.41. The zero-order valence-corrected chi connectivity index (χ0v) is 17.8. The third-order valence-electron chi connectivity index (χ3n) is 5.64. The standard InChI is InChI=1S/C26H27N3O2/c1-19(30)27-23-12-5-10-21(17-23)24-13-6-14-25(28-24)22-11-7-15-29(18-22)26(31)16-20-8-3-2-4-9-20/h2-6,8-10,12-14,17,22H,7,11,15-16,18H2,1H3,(H,27,30). The second kappa shape index (κ2) is 9.56. The van der Waals surface area contributed by atoms with Crippen molar-refractivity contribution in [1.29, 1.82) is 0 Å². The fourth-order valence-electron chi connectivity index (χ4n) is 4.13. The lowest BCUT2D eigenvalue weighted by atomic mass is 9.93. The van der Waals surface area contributed by atoms with Gasteiger partial charge in [0.2, 0.25) is 11.8 Å². The zero-order chi connectivity index (χ0) is 21.6. The minimum absolute atomic E-state index is 0.0960. The summed E-state index contributed by atoms with van der Waals surface area (Å²) in [4.78, 5) is 31.1. The Labute approximate surface area is 183 Å². The van der Waals surface area contributed by atoms with Crippen LogP contribution in [0.1, 0.15) is 36.9 Å². The average molecular weight is 414 g/mol. The van der Waals surface area contributed by atoms with Crippen molar-refractivity contribution in [2.75, 3.05) is 18.4 Å². The zero-order valence-electron chi connectivity index (χ0n) is 17.8. The van der Waals surface area contributed by atoms with E-state index in [1.807, 2.05) is 71.6 Å². The fraction of sp³-hybridized carbons (Fsp3) is 0.269. The Bertz CT molecular complexity index is 1070. The highest BCUT2D eigenvalue weighted by Crippen LogP contribution is 2.28. The Hall–Kier alpha value is -3.47. The number of rotatable bonds is 5. The number of carbonyl (C=O) groups excluding carboxylic acids is 2. The molecule has 0 saturated carbocycles. The lowest BCUT2D eigenvalue weighted by Gasteiger charge is -2.32. The third-order valence-corrected chi connectivity index (χ3v) is 5.64. The number of aromatic nitrogens is 1. The van der Waals surface area contributed by atoms with Crippen LogP contribution in [-0.2, 0) is 16.0 Å². The van der Waals surface area contributed by atoms with Crippen molar-refractivity contribution in [3.63, 3.8) is 0 Å². The van der Waals surface area contributed by atoms with Crippen molar-refractivity contribution in [1.82, 2.24) is 9.88 Å². The van der Waals surface area contributed by atoms with Crippen LogP contribution in [0.15, 0.2) is 72.8 Å². The molecule has 1 aliphatic rings. The number of likely N-dealkylation sites (tertiary alicyclic amines) is 1. The van der Waals surface area contributed by atoms with Crippen LogP contribution in [-0.4, -0.2) is 34.8 Å². The molecule has 31 heavy (non-hydrogen) atoms.